The van der Waals surface area contributed by atoms with Gasteiger partial charge < -0.3 is 0 Å². The Hall–Kier alpha value is -0.470. The molecule has 0 atom stereocenters. The Labute approximate surface area is 96.6 Å². The molecule has 0 aliphatic heterocycles. The van der Waals surface area contributed by atoms with Crippen LogP contribution in [0.4, 0.5) is 8.78 Å². The molecule has 0 spiro atoms. The summed E-state index contributed by atoms with van der Waals surface area (Å²) >= 11 is 0. The summed E-state index contributed by atoms with van der Waals surface area (Å²) in [5.41, 5.74) is 0.147. The van der Waals surface area contributed by atoms with E-state index in [1.54, 1.807) is 0 Å². The maximum Gasteiger partial charge on any atom is 0.248 e. The van der Waals surface area contributed by atoms with Crippen molar-refractivity contribution in [2.75, 3.05) is 0 Å². The van der Waals surface area contributed by atoms with E-state index < -0.39 is 5.92 Å². The fourth-order valence-electron chi connectivity index (χ4n) is 2.06. The molecule has 0 N–H and O–H groups in total. The van der Waals surface area contributed by atoms with Gasteiger partial charge in [-0.15, -0.1) is 0 Å². The minimum Gasteiger partial charge on any atom is -0.299 e. The van der Waals surface area contributed by atoms with E-state index in [1.807, 2.05) is 0 Å². The van der Waals surface area contributed by atoms with E-state index in [0.29, 0.717) is 19.3 Å². The predicted molar refractivity (Wildman–Crippen MR) is 60.6 cm³/mol. The Kier molecular flexibility index (Phi) is 4.08. The molecule has 0 bridgehead atoms. The van der Waals surface area contributed by atoms with Crippen LogP contribution in [0.1, 0.15) is 59.3 Å². The van der Waals surface area contributed by atoms with E-state index in [-0.39, 0.29) is 30.0 Å². The second-order valence-electron chi connectivity index (χ2n) is 6.16. The van der Waals surface area contributed by atoms with E-state index in [4.69, 9.17) is 0 Å². The standard InChI is InChI=1S/C13H22F2O/c1-12(2,3)7-6-11(16)10-4-8-13(14,15)9-5-10/h10H,4-9H2,1-3H3. The number of carbonyl (C=O) groups excluding carboxylic acids is 1. The molecule has 1 rings (SSSR count). The first-order valence-electron chi connectivity index (χ1n) is 6.10. The molecule has 3 heteroatoms. The molecule has 1 aliphatic rings. The fourth-order valence-corrected chi connectivity index (χ4v) is 2.06. The van der Waals surface area contributed by atoms with Crippen LogP contribution >= 0.6 is 0 Å². The molecule has 0 heterocycles. The largest absolute Gasteiger partial charge is 0.299 e. The lowest BCUT2D eigenvalue weighted by molar-refractivity contribution is -0.127. The number of carbonyl (C=O) groups is 1. The third kappa shape index (κ3) is 4.58. The van der Waals surface area contributed by atoms with Crippen molar-refractivity contribution in [2.24, 2.45) is 11.3 Å². The van der Waals surface area contributed by atoms with Gasteiger partial charge in [0, 0.05) is 25.2 Å². The van der Waals surface area contributed by atoms with Crippen LogP contribution < -0.4 is 0 Å². The molecule has 0 aromatic heterocycles. The van der Waals surface area contributed by atoms with Gasteiger partial charge in [0.15, 0.2) is 0 Å². The van der Waals surface area contributed by atoms with Crippen molar-refractivity contribution in [1.82, 2.24) is 0 Å². The fraction of sp³-hybridized carbons (Fsp3) is 0.923. The van der Waals surface area contributed by atoms with Gasteiger partial charge >= 0.3 is 0 Å². The van der Waals surface area contributed by atoms with E-state index in [1.165, 1.54) is 0 Å². The van der Waals surface area contributed by atoms with Crippen molar-refractivity contribution in [3.05, 3.63) is 0 Å². The lowest BCUT2D eigenvalue weighted by atomic mass is 9.80. The third-order valence-corrected chi connectivity index (χ3v) is 3.29. The van der Waals surface area contributed by atoms with Crippen LogP contribution in [0.5, 0.6) is 0 Å². The summed E-state index contributed by atoms with van der Waals surface area (Å²) in [6, 6.07) is 0. The summed E-state index contributed by atoms with van der Waals surface area (Å²) < 4.78 is 25.8. The zero-order chi connectivity index (χ0) is 12.4. The number of ketones is 1. The van der Waals surface area contributed by atoms with Gasteiger partial charge in [-0.05, 0) is 24.7 Å². The second kappa shape index (κ2) is 4.80. The lowest BCUT2D eigenvalue weighted by Gasteiger charge is -2.28. The highest BCUT2D eigenvalue weighted by atomic mass is 19.3. The van der Waals surface area contributed by atoms with Crippen LogP contribution in [-0.4, -0.2) is 11.7 Å². The molecule has 1 fully saturated rings. The van der Waals surface area contributed by atoms with E-state index >= 15 is 0 Å². The highest BCUT2D eigenvalue weighted by Crippen LogP contribution is 2.37. The predicted octanol–water partition coefficient (Wildman–Crippen LogP) is 4.21. The van der Waals surface area contributed by atoms with Gasteiger partial charge in [0.2, 0.25) is 5.92 Å². The smallest absolute Gasteiger partial charge is 0.248 e. The SMILES string of the molecule is CC(C)(C)CCC(=O)C1CCC(F)(F)CC1. The first kappa shape index (κ1) is 13.6. The van der Waals surface area contributed by atoms with Crippen LogP contribution in [-0.2, 0) is 4.79 Å². The van der Waals surface area contributed by atoms with Crippen LogP contribution in [0.2, 0.25) is 0 Å². The number of hydrogen-bond acceptors (Lipinski definition) is 1. The Morgan fingerprint density at radius 3 is 2.19 bits per heavy atom. The van der Waals surface area contributed by atoms with Gasteiger partial charge in [-0.25, -0.2) is 8.78 Å². The minimum atomic E-state index is -2.53. The van der Waals surface area contributed by atoms with Crippen LogP contribution in [0, 0.1) is 11.3 Å². The Bertz CT molecular complexity index is 243. The van der Waals surface area contributed by atoms with Crippen LogP contribution in [0.25, 0.3) is 0 Å². The van der Waals surface area contributed by atoms with Gasteiger partial charge in [-0.1, -0.05) is 20.8 Å². The average Bonchev–Trinajstić information content (AvgIpc) is 2.13. The molecule has 0 amide bonds. The van der Waals surface area contributed by atoms with Crippen molar-refractivity contribution < 1.29 is 13.6 Å². The highest BCUT2D eigenvalue weighted by Gasteiger charge is 2.37. The number of Topliss-reactive ketones (excluding diaryl/α,β-unsaturated/α-hetero) is 1. The molecule has 16 heavy (non-hydrogen) atoms. The zero-order valence-corrected chi connectivity index (χ0v) is 10.5. The maximum atomic E-state index is 12.9. The molecule has 0 unspecified atom stereocenters. The van der Waals surface area contributed by atoms with Gasteiger partial charge in [0.05, 0.1) is 0 Å². The first-order chi connectivity index (χ1) is 7.20. The van der Waals surface area contributed by atoms with Gasteiger partial charge in [-0.2, -0.15) is 0 Å². The molecule has 1 saturated carbocycles. The normalized spacial score (nSPS) is 22.1. The molecule has 94 valence electrons. The maximum absolute atomic E-state index is 12.9. The quantitative estimate of drug-likeness (QED) is 0.712. The first-order valence-corrected chi connectivity index (χ1v) is 6.10. The summed E-state index contributed by atoms with van der Waals surface area (Å²) in [4.78, 5) is 11.8. The monoisotopic (exact) mass is 232 g/mol. The summed E-state index contributed by atoms with van der Waals surface area (Å²) in [6.07, 6.45) is 1.91. The van der Waals surface area contributed by atoms with Crippen molar-refractivity contribution >= 4 is 5.78 Å². The van der Waals surface area contributed by atoms with Crippen molar-refractivity contribution in [2.45, 2.75) is 65.2 Å². The van der Waals surface area contributed by atoms with E-state index in [2.05, 4.69) is 20.8 Å². The summed E-state index contributed by atoms with van der Waals surface area (Å²) in [7, 11) is 0. The lowest BCUT2D eigenvalue weighted by Crippen LogP contribution is -2.29. The third-order valence-electron chi connectivity index (χ3n) is 3.29. The molecular weight excluding hydrogens is 210 g/mol. The Morgan fingerprint density at radius 1 is 1.25 bits per heavy atom. The van der Waals surface area contributed by atoms with Gasteiger partial charge in [0.25, 0.3) is 0 Å². The highest BCUT2D eigenvalue weighted by molar-refractivity contribution is 5.81. The Morgan fingerprint density at radius 2 is 1.75 bits per heavy atom. The summed E-state index contributed by atoms with van der Waals surface area (Å²) in [5.74, 6) is -2.45. The zero-order valence-electron chi connectivity index (χ0n) is 10.5. The molecule has 0 aromatic rings. The van der Waals surface area contributed by atoms with Gasteiger partial charge in [0.1, 0.15) is 5.78 Å². The van der Waals surface area contributed by atoms with Crippen molar-refractivity contribution in [3.8, 4) is 0 Å². The molecular formula is C13H22F2O. The second-order valence-corrected chi connectivity index (χ2v) is 6.16. The topological polar surface area (TPSA) is 17.1 Å². The summed E-state index contributed by atoms with van der Waals surface area (Å²) in [6.45, 7) is 6.28. The van der Waals surface area contributed by atoms with Crippen molar-refractivity contribution in [3.63, 3.8) is 0 Å². The van der Waals surface area contributed by atoms with Crippen molar-refractivity contribution in [1.29, 1.82) is 0 Å². The number of rotatable bonds is 3. The molecule has 0 aromatic carbocycles. The average molecular weight is 232 g/mol. The van der Waals surface area contributed by atoms with Crippen LogP contribution in [0.3, 0.4) is 0 Å². The van der Waals surface area contributed by atoms with E-state index in [9.17, 15) is 13.6 Å². The van der Waals surface area contributed by atoms with Gasteiger partial charge in [-0.3, -0.25) is 4.79 Å². The van der Waals surface area contributed by atoms with E-state index in [0.717, 1.165) is 6.42 Å². The summed E-state index contributed by atoms with van der Waals surface area (Å²) in [5, 5.41) is 0. The number of halogens is 2. The minimum absolute atomic E-state index is 0.109. The van der Waals surface area contributed by atoms with Crippen LogP contribution in [0.15, 0.2) is 0 Å². The Balaban J connectivity index is 2.34. The molecule has 0 radical (unpaired) electrons. The molecule has 0 saturated heterocycles. The number of hydrogen-bond donors (Lipinski definition) is 0. The molecule has 1 nitrogen and oxygen atoms in total. The number of alkyl halides is 2. The molecule has 1 aliphatic carbocycles.